The number of fused-ring (bicyclic) bond motifs is 1. The van der Waals surface area contributed by atoms with Crippen molar-refractivity contribution < 1.29 is 14.3 Å². The Kier molecular flexibility index (Phi) is 10.8. The molecule has 6 rings (SSSR count). The van der Waals surface area contributed by atoms with Crippen molar-refractivity contribution in [3.63, 3.8) is 0 Å². The molecule has 0 spiro atoms. The van der Waals surface area contributed by atoms with Crippen LogP contribution in [0, 0.1) is 17.2 Å². The quantitative estimate of drug-likeness (QED) is 0.196. The van der Waals surface area contributed by atoms with Crippen molar-refractivity contribution >= 4 is 51.9 Å². The van der Waals surface area contributed by atoms with E-state index in [0.717, 1.165) is 18.4 Å². The molecule has 1 aliphatic heterocycles. The Bertz CT molecular complexity index is 2130. The molecule has 1 aromatic heterocycles. The molecule has 264 valence electrons. The fourth-order valence-electron chi connectivity index (χ4n) is 6.33. The molecule has 12 nitrogen and oxygen atoms in total. The number of benzene rings is 3. The number of rotatable bonds is 11. The molecule has 13 heteroatoms. The summed E-state index contributed by atoms with van der Waals surface area (Å²) in [6.45, 7) is 6.61. The zero-order valence-corrected chi connectivity index (χ0v) is 29.5. The number of aliphatic imine (C=N–C) groups is 1. The highest BCUT2D eigenvalue weighted by Crippen LogP contribution is 2.30. The molecular formula is C38H40ClN7O5. The van der Waals surface area contributed by atoms with Gasteiger partial charge in [-0.15, -0.1) is 0 Å². The molecule has 1 aliphatic carbocycles. The predicted molar refractivity (Wildman–Crippen MR) is 197 cm³/mol. The van der Waals surface area contributed by atoms with Crippen LogP contribution in [0.15, 0.2) is 81.3 Å². The number of nitriles is 1. The Morgan fingerprint density at radius 1 is 1.08 bits per heavy atom. The number of amides is 2. The average molecular weight is 710 g/mol. The lowest BCUT2D eigenvalue weighted by Crippen LogP contribution is -2.61. The minimum absolute atomic E-state index is 0.0948. The first-order chi connectivity index (χ1) is 24.5. The van der Waals surface area contributed by atoms with Crippen molar-refractivity contribution in [2.24, 2.45) is 10.9 Å². The number of anilines is 1. The van der Waals surface area contributed by atoms with Gasteiger partial charge in [0, 0.05) is 44.1 Å². The molecule has 3 aromatic carbocycles. The number of halogens is 1. The number of hydrogen-bond acceptors (Lipinski definition) is 8. The maximum atomic E-state index is 13.6. The summed E-state index contributed by atoms with van der Waals surface area (Å²) in [6, 6.07) is 20.2. The number of carbonyl (C=O) groups is 2. The lowest BCUT2D eigenvalue weighted by Gasteiger charge is -2.42. The third-order valence-corrected chi connectivity index (χ3v) is 9.58. The SMILES string of the molecule is CC(=O)C1CN(C(=O)Nc2ccc3c(c2)c(=O)n(CC2CC2)c(=O)n3C(C)C)CCN1C(/C=N/c1ccc(C#N)c(Cl)c1)OCc1ccccc1. The minimum Gasteiger partial charge on any atom is -0.353 e. The van der Waals surface area contributed by atoms with Crippen molar-refractivity contribution in [2.75, 3.05) is 25.0 Å². The number of urea groups is 1. The second kappa shape index (κ2) is 15.4. The number of Topliss-reactive ketones (excluding diaryl/α,β-unsaturated/α-hetero) is 1. The topological polar surface area (TPSA) is 142 Å². The number of ether oxygens (including phenoxy) is 1. The zero-order chi connectivity index (χ0) is 36.2. The van der Waals surface area contributed by atoms with E-state index in [9.17, 15) is 24.4 Å². The third-order valence-electron chi connectivity index (χ3n) is 9.27. The molecule has 1 saturated carbocycles. The Hall–Kier alpha value is -5.09. The van der Waals surface area contributed by atoms with Gasteiger partial charge in [0.2, 0.25) is 0 Å². The molecule has 0 radical (unpaired) electrons. The number of nitrogens with one attached hydrogen (secondary N) is 1. The maximum absolute atomic E-state index is 13.6. The van der Waals surface area contributed by atoms with Gasteiger partial charge in [0.15, 0.2) is 0 Å². The lowest BCUT2D eigenvalue weighted by atomic mass is 10.1. The van der Waals surface area contributed by atoms with Gasteiger partial charge in [0.1, 0.15) is 18.1 Å². The van der Waals surface area contributed by atoms with Crippen LogP contribution in [0.4, 0.5) is 16.2 Å². The number of ketones is 1. The summed E-state index contributed by atoms with van der Waals surface area (Å²) in [5, 5.41) is 12.8. The third kappa shape index (κ3) is 8.12. The van der Waals surface area contributed by atoms with E-state index in [-0.39, 0.29) is 47.8 Å². The summed E-state index contributed by atoms with van der Waals surface area (Å²) < 4.78 is 9.26. The largest absolute Gasteiger partial charge is 0.353 e. The van der Waals surface area contributed by atoms with Crippen molar-refractivity contribution in [3.05, 3.63) is 104 Å². The Balaban J connectivity index is 1.22. The van der Waals surface area contributed by atoms with Crippen LogP contribution >= 0.6 is 11.6 Å². The number of carbonyl (C=O) groups excluding carboxylic acids is 2. The summed E-state index contributed by atoms with van der Waals surface area (Å²) in [5.41, 5.74) is 2.03. The van der Waals surface area contributed by atoms with Gasteiger partial charge < -0.3 is 15.0 Å². The number of aromatic nitrogens is 2. The van der Waals surface area contributed by atoms with E-state index in [1.165, 1.54) is 11.5 Å². The Morgan fingerprint density at radius 3 is 2.51 bits per heavy atom. The fraction of sp³-hybridized carbons (Fsp3) is 0.368. The highest BCUT2D eigenvalue weighted by atomic mass is 35.5. The molecule has 2 aliphatic rings. The minimum atomic E-state index is -0.726. The molecule has 1 N–H and O–H groups in total. The molecular weight excluding hydrogens is 670 g/mol. The van der Waals surface area contributed by atoms with Crippen LogP contribution in [-0.4, -0.2) is 68.9 Å². The molecule has 2 atom stereocenters. The second-order valence-electron chi connectivity index (χ2n) is 13.3. The van der Waals surface area contributed by atoms with Crippen molar-refractivity contribution in [3.8, 4) is 6.07 Å². The summed E-state index contributed by atoms with van der Waals surface area (Å²) in [7, 11) is 0. The van der Waals surface area contributed by atoms with Gasteiger partial charge in [-0.05, 0) is 81.5 Å². The molecule has 0 bridgehead atoms. The molecule has 2 heterocycles. The summed E-state index contributed by atoms with van der Waals surface area (Å²) in [4.78, 5) is 61.6. The van der Waals surface area contributed by atoms with Crippen LogP contribution < -0.4 is 16.6 Å². The van der Waals surface area contributed by atoms with Crippen molar-refractivity contribution in [1.29, 1.82) is 5.26 Å². The number of piperazine rings is 1. The summed E-state index contributed by atoms with van der Waals surface area (Å²) in [5.74, 6) is 0.178. The second-order valence-corrected chi connectivity index (χ2v) is 13.7. The maximum Gasteiger partial charge on any atom is 0.331 e. The van der Waals surface area contributed by atoms with Gasteiger partial charge in [-0.1, -0.05) is 41.9 Å². The Morgan fingerprint density at radius 2 is 1.84 bits per heavy atom. The number of nitrogens with zero attached hydrogens (tertiary/aromatic N) is 6. The Labute approximate surface area is 300 Å². The molecule has 4 aromatic rings. The van der Waals surface area contributed by atoms with E-state index in [0.29, 0.717) is 46.8 Å². The van der Waals surface area contributed by atoms with E-state index in [4.69, 9.17) is 16.3 Å². The van der Waals surface area contributed by atoms with Crippen LogP contribution in [0.5, 0.6) is 0 Å². The van der Waals surface area contributed by atoms with Crippen LogP contribution in [0.3, 0.4) is 0 Å². The molecule has 1 saturated heterocycles. The normalized spacial score (nSPS) is 17.2. The van der Waals surface area contributed by atoms with Gasteiger partial charge in [-0.3, -0.25) is 28.6 Å². The van der Waals surface area contributed by atoms with Crippen LogP contribution in [0.2, 0.25) is 5.02 Å². The van der Waals surface area contributed by atoms with E-state index in [2.05, 4.69) is 10.3 Å². The predicted octanol–water partition coefficient (Wildman–Crippen LogP) is 5.73. The molecule has 2 unspecified atom stereocenters. The van der Waals surface area contributed by atoms with Gasteiger partial charge in [0.25, 0.3) is 5.56 Å². The average Bonchev–Trinajstić information content (AvgIpc) is 3.95. The van der Waals surface area contributed by atoms with E-state index >= 15 is 0 Å². The standard InChI is InChI=1S/C38H40ClN7O5/c1-24(2)46-33-14-13-30(17-31(33)36(48)45(38(46)50)21-26-9-10-26)42-37(49)43-15-16-44(34(22-43)25(3)47)35(51-23-27-7-5-4-6-8-27)20-41-29-12-11-28(19-40)32(39)18-29/h4-8,11-14,17-18,20,24,26,34-35H,9-10,15-16,21-23H2,1-3H3,(H,42,49)/b41-20+. The van der Waals surface area contributed by atoms with Gasteiger partial charge >= 0.3 is 11.7 Å². The first-order valence-corrected chi connectivity index (χ1v) is 17.4. The zero-order valence-electron chi connectivity index (χ0n) is 28.8. The van der Waals surface area contributed by atoms with Crippen LogP contribution in [0.25, 0.3) is 10.9 Å². The molecule has 2 amide bonds. The summed E-state index contributed by atoms with van der Waals surface area (Å²) >= 11 is 6.24. The van der Waals surface area contributed by atoms with Gasteiger partial charge in [-0.25, -0.2) is 9.59 Å². The highest BCUT2D eigenvalue weighted by molar-refractivity contribution is 6.32. The summed E-state index contributed by atoms with van der Waals surface area (Å²) in [6.07, 6.45) is 2.87. The van der Waals surface area contributed by atoms with Crippen molar-refractivity contribution in [1.82, 2.24) is 18.9 Å². The first kappa shape index (κ1) is 35.7. The van der Waals surface area contributed by atoms with Crippen molar-refractivity contribution in [2.45, 2.75) is 65.1 Å². The fourth-order valence-corrected chi connectivity index (χ4v) is 6.55. The monoisotopic (exact) mass is 709 g/mol. The van der Waals surface area contributed by atoms with Crippen LogP contribution in [-0.2, 0) is 22.7 Å². The first-order valence-electron chi connectivity index (χ1n) is 17.0. The van der Waals surface area contributed by atoms with E-state index in [1.807, 2.05) is 55.1 Å². The van der Waals surface area contributed by atoms with Gasteiger partial charge in [-0.2, -0.15) is 5.26 Å². The number of hydrogen-bond donors (Lipinski definition) is 1. The van der Waals surface area contributed by atoms with Crippen LogP contribution in [0.1, 0.15) is 50.8 Å². The lowest BCUT2D eigenvalue weighted by molar-refractivity contribution is -0.130. The smallest absolute Gasteiger partial charge is 0.331 e. The molecule has 2 fully saturated rings. The highest BCUT2D eigenvalue weighted by Gasteiger charge is 2.36. The van der Waals surface area contributed by atoms with E-state index in [1.54, 1.807) is 52.1 Å². The molecule has 51 heavy (non-hydrogen) atoms. The van der Waals surface area contributed by atoms with Gasteiger partial charge in [0.05, 0.1) is 39.8 Å². The van der Waals surface area contributed by atoms with E-state index < -0.39 is 18.3 Å².